The average molecular weight is 235 g/mol. The number of aromatic hydroxyl groups is 1. The smallest absolute Gasteiger partial charge is 0.125 e. The number of benzene rings is 1. The van der Waals surface area contributed by atoms with Gasteiger partial charge in [-0.15, -0.1) is 0 Å². The summed E-state index contributed by atoms with van der Waals surface area (Å²) in [6, 6.07) is 4.25. The van der Waals surface area contributed by atoms with Gasteiger partial charge in [0, 0.05) is 12.1 Å². The van der Waals surface area contributed by atoms with Crippen LogP contribution in [-0.2, 0) is 6.42 Å². The van der Waals surface area contributed by atoms with Gasteiger partial charge in [0.2, 0.25) is 0 Å². The maximum atomic E-state index is 9.97. The highest BCUT2D eigenvalue weighted by Crippen LogP contribution is 2.29. The van der Waals surface area contributed by atoms with E-state index in [2.05, 4.69) is 5.32 Å². The molecule has 0 amide bonds. The normalized spacial score (nSPS) is 20.2. The topological polar surface area (TPSA) is 41.5 Å². The predicted octanol–water partition coefficient (Wildman–Crippen LogP) is 2.39. The monoisotopic (exact) mass is 235 g/mol. The first-order chi connectivity index (χ1) is 8.20. The zero-order valence-corrected chi connectivity index (χ0v) is 10.6. The van der Waals surface area contributed by atoms with Crippen LogP contribution in [0.2, 0.25) is 0 Å². The summed E-state index contributed by atoms with van der Waals surface area (Å²) < 4.78 is 5.20. The summed E-state index contributed by atoms with van der Waals surface area (Å²) in [7, 11) is 1.63. The van der Waals surface area contributed by atoms with Crippen molar-refractivity contribution in [2.24, 2.45) is 0 Å². The summed E-state index contributed by atoms with van der Waals surface area (Å²) in [5.74, 6) is 1.10. The number of hydrogen-bond donors (Lipinski definition) is 2. The van der Waals surface area contributed by atoms with Gasteiger partial charge in [0.1, 0.15) is 11.5 Å². The Morgan fingerprint density at radius 1 is 1.41 bits per heavy atom. The number of methoxy groups -OCH3 is 1. The lowest BCUT2D eigenvalue weighted by Gasteiger charge is -2.24. The van der Waals surface area contributed by atoms with Gasteiger partial charge >= 0.3 is 0 Å². The van der Waals surface area contributed by atoms with E-state index in [0.29, 0.717) is 11.8 Å². The van der Waals surface area contributed by atoms with Gasteiger partial charge in [-0.1, -0.05) is 6.42 Å². The molecule has 0 bridgehead atoms. The zero-order valence-electron chi connectivity index (χ0n) is 10.6. The average Bonchev–Trinajstić information content (AvgIpc) is 2.34. The fourth-order valence-corrected chi connectivity index (χ4v) is 2.48. The highest BCUT2D eigenvalue weighted by atomic mass is 16.5. The van der Waals surface area contributed by atoms with Gasteiger partial charge in [0.25, 0.3) is 0 Å². The molecule has 1 aliphatic rings. The third kappa shape index (κ3) is 2.91. The molecule has 17 heavy (non-hydrogen) atoms. The lowest BCUT2D eigenvalue weighted by Crippen LogP contribution is -2.35. The van der Waals surface area contributed by atoms with Crippen LogP contribution in [-0.4, -0.2) is 24.8 Å². The van der Waals surface area contributed by atoms with E-state index in [1.54, 1.807) is 13.2 Å². The van der Waals surface area contributed by atoms with E-state index in [-0.39, 0.29) is 0 Å². The van der Waals surface area contributed by atoms with Crippen molar-refractivity contribution in [1.29, 1.82) is 0 Å². The van der Waals surface area contributed by atoms with Crippen LogP contribution in [0.5, 0.6) is 11.5 Å². The minimum Gasteiger partial charge on any atom is -0.508 e. The van der Waals surface area contributed by atoms with Gasteiger partial charge in [-0.25, -0.2) is 0 Å². The van der Waals surface area contributed by atoms with Crippen molar-refractivity contribution in [3.63, 3.8) is 0 Å². The molecule has 1 aliphatic heterocycles. The molecule has 3 nitrogen and oxygen atoms in total. The van der Waals surface area contributed by atoms with Crippen molar-refractivity contribution in [2.75, 3.05) is 13.7 Å². The predicted molar refractivity (Wildman–Crippen MR) is 68.7 cm³/mol. The molecular weight excluding hydrogens is 214 g/mol. The third-order valence-corrected chi connectivity index (χ3v) is 3.47. The minimum atomic E-state index is 0.347. The molecule has 1 unspecified atom stereocenters. The largest absolute Gasteiger partial charge is 0.508 e. The Kier molecular flexibility index (Phi) is 3.89. The molecule has 1 aromatic carbocycles. The van der Waals surface area contributed by atoms with E-state index in [4.69, 9.17) is 4.74 Å². The van der Waals surface area contributed by atoms with Crippen molar-refractivity contribution in [3.8, 4) is 11.5 Å². The van der Waals surface area contributed by atoms with Crippen LogP contribution >= 0.6 is 0 Å². The Balaban J connectivity index is 2.12. The lowest BCUT2D eigenvalue weighted by molar-refractivity contribution is 0.386. The van der Waals surface area contributed by atoms with Crippen LogP contribution in [0.1, 0.15) is 30.4 Å². The molecule has 2 rings (SSSR count). The molecule has 0 spiro atoms. The third-order valence-electron chi connectivity index (χ3n) is 3.47. The summed E-state index contributed by atoms with van der Waals surface area (Å²) in [5, 5.41) is 13.5. The number of nitrogens with one attached hydrogen (secondary N) is 1. The summed E-state index contributed by atoms with van der Waals surface area (Å²) in [5.41, 5.74) is 2.10. The molecule has 0 aliphatic carbocycles. The van der Waals surface area contributed by atoms with E-state index >= 15 is 0 Å². The summed E-state index contributed by atoms with van der Waals surface area (Å²) >= 11 is 0. The Labute approximate surface area is 103 Å². The molecule has 1 saturated heterocycles. The van der Waals surface area contributed by atoms with E-state index < -0.39 is 0 Å². The van der Waals surface area contributed by atoms with Crippen LogP contribution in [0, 0.1) is 6.92 Å². The van der Waals surface area contributed by atoms with Crippen LogP contribution in [0.4, 0.5) is 0 Å². The second-order valence-electron chi connectivity index (χ2n) is 4.80. The van der Waals surface area contributed by atoms with Crippen molar-refractivity contribution < 1.29 is 9.84 Å². The maximum Gasteiger partial charge on any atom is 0.125 e. The van der Waals surface area contributed by atoms with Crippen molar-refractivity contribution in [2.45, 2.75) is 38.6 Å². The fourth-order valence-electron chi connectivity index (χ4n) is 2.48. The Bertz CT molecular complexity index is 384. The molecule has 3 heteroatoms. The second-order valence-corrected chi connectivity index (χ2v) is 4.80. The van der Waals surface area contributed by atoms with Crippen molar-refractivity contribution in [1.82, 2.24) is 5.32 Å². The van der Waals surface area contributed by atoms with Gasteiger partial charge in [-0.2, -0.15) is 0 Å². The standard InChI is InChI=1S/C14H21NO2/c1-10-7-11(13(16)9-14(10)17-2)8-12-5-3-4-6-15-12/h7,9,12,15-16H,3-6,8H2,1-2H3. The Morgan fingerprint density at radius 3 is 2.88 bits per heavy atom. The van der Waals surface area contributed by atoms with Gasteiger partial charge in [0.15, 0.2) is 0 Å². The van der Waals surface area contributed by atoms with Crippen LogP contribution in [0.25, 0.3) is 0 Å². The first kappa shape index (κ1) is 12.2. The summed E-state index contributed by atoms with van der Waals surface area (Å²) in [4.78, 5) is 0. The van der Waals surface area contributed by atoms with Crippen LogP contribution in [0.15, 0.2) is 12.1 Å². The first-order valence-electron chi connectivity index (χ1n) is 6.30. The van der Waals surface area contributed by atoms with Crippen molar-refractivity contribution >= 4 is 0 Å². The van der Waals surface area contributed by atoms with Crippen molar-refractivity contribution in [3.05, 3.63) is 23.3 Å². The molecule has 2 N–H and O–H groups in total. The van der Waals surface area contributed by atoms with Gasteiger partial charge in [-0.3, -0.25) is 0 Å². The van der Waals surface area contributed by atoms with E-state index in [0.717, 1.165) is 29.8 Å². The lowest BCUT2D eigenvalue weighted by atomic mass is 9.96. The molecule has 1 aromatic rings. The number of ether oxygens (including phenoxy) is 1. The van der Waals surface area contributed by atoms with Crippen LogP contribution in [0.3, 0.4) is 0 Å². The molecule has 0 saturated carbocycles. The number of hydrogen-bond acceptors (Lipinski definition) is 3. The minimum absolute atomic E-state index is 0.347. The summed E-state index contributed by atoms with van der Waals surface area (Å²) in [6.07, 6.45) is 4.65. The molecule has 0 aromatic heterocycles. The molecular formula is C14H21NO2. The Hall–Kier alpha value is -1.22. The number of phenols is 1. The second kappa shape index (κ2) is 5.41. The van der Waals surface area contributed by atoms with Gasteiger partial charge in [-0.05, 0) is 49.9 Å². The highest BCUT2D eigenvalue weighted by Gasteiger charge is 2.16. The molecule has 1 atom stereocenters. The van der Waals surface area contributed by atoms with E-state index in [1.165, 1.54) is 19.3 Å². The number of phenolic OH excluding ortho intramolecular Hbond substituents is 1. The first-order valence-corrected chi connectivity index (χ1v) is 6.30. The van der Waals surface area contributed by atoms with Gasteiger partial charge in [0.05, 0.1) is 7.11 Å². The number of rotatable bonds is 3. The molecule has 1 heterocycles. The van der Waals surface area contributed by atoms with E-state index in [9.17, 15) is 5.11 Å². The molecule has 1 fully saturated rings. The molecule has 94 valence electrons. The van der Waals surface area contributed by atoms with Gasteiger partial charge < -0.3 is 15.2 Å². The number of piperidine rings is 1. The summed E-state index contributed by atoms with van der Waals surface area (Å²) in [6.45, 7) is 3.11. The fraction of sp³-hybridized carbons (Fsp3) is 0.571. The van der Waals surface area contributed by atoms with Crippen LogP contribution < -0.4 is 10.1 Å². The van der Waals surface area contributed by atoms with E-state index in [1.807, 2.05) is 13.0 Å². The zero-order chi connectivity index (χ0) is 12.3. The maximum absolute atomic E-state index is 9.97. The molecule has 0 radical (unpaired) electrons. The number of aryl methyl sites for hydroxylation is 1. The SMILES string of the molecule is COc1cc(O)c(CC2CCCCN2)cc1C. The Morgan fingerprint density at radius 2 is 2.24 bits per heavy atom. The highest BCUT2D eigenvalue weighted by molar-refractivity contribution is 5.45. The quantitative estimate of drug-likeness (QED) is 0.845.